The molecule has 30 heavy (non-hydrogen) atoms. The first-order chi connectivity index (χ1) is 14.5. The number of fused-ring (bicyclic) bond motifs is 1. The molecule has 0 aliphatic rings. The fraction of sp³-hybridized carbons (Fsp3) is 0.200. The van der Waals surface area contributed by atoms with Gasteiger partial charge in [0.15, 0.2) is 0 Å². The third-order valence-electron chi connectivity index (χ3n) is 5.33. The molecule has 0 saturated heterocycles. The summed E-state index contributed by atoms with van der Waals surface area (Å²) in [7, 11) is 0. The van der Waals surface area contributed by atoms with Crippen molar-refractivity contribution >= 4 is 28.5 Å². The zero-order valence-electron chi connectivity index (χ0n) is 17.1. The largest absolute Gasteiger partial charge is 0.481 e. The minimum absolute atomic E-state index is 0.0159. The molecule has 0 amide bonds. The van der Waals surface area contributed by atoms with Gasteiger partial charge >= 0.3 is 5.97 Å². The van der Waals surface area contributed by atoms with Crippen LogP contribution in [0.1, 0.15) is 28.1 Å². The van der Waals surface area contributed by atoms with Crippen LogP contribution in [-0.4, -0.2) is 20.9 Å². The van der Waals surface area contributed by atoms with Crippen molar-refractivity contribution in [2.24, 2.45) is 0 Å². The minimum atomic E-state index is -0.825. The normalized spacial score (nSPS) is 11.1. The molecule has 1 aromatic heterocycles. The summed E-state index contributed by atoms with van der Waals surface area (Å²) in [6.45, 7) is 4.45. The maximum atomic E-state index is 11.1. The molecule has 0 unspecified atom stereocenters. The fourth-order valence-corrected chi connectivity index (χ4v) is 4.50. The number of carboxylic acid groups (broad SMARTS) is 1. The molecule has 0 spiro atoms. The highest BCUT2D eigenvalue weighted by molar-refractivity contribution is 7.98. The maximum Gasteiger partial charge on any atom is 0.307 e. The van der Waals surface area contributed by atoms with Gasteiger partial charge in [0, 0.05) is 21.9 Å². The number of aliphatic carboxylic acids is 1. The highest BCUT2D eigenvalue weighted by atomic mass is 32.2. The molecule has 4 aromatic rings. The highest BCUT2D eigenvalue weighted by Crippen LogP contribution is 2.25. The van der Waals surface area contributed by atoms with Gasteiger partial charge in [0.25, 0.3) is 0 Å². The first-order valence-electron chi connectivity index (χ1n) is 9.93. The lowest BCUT2D eigenvalue weighted by Gasteiger charge is -2.08. The Morgan fingerprint density at radius 1 is 0.967 bits per heavy atom. The van der Waals surface area contributed by atoms with Crippen molar-refractivity contribution in [3.05, 3.63) is 94.8 Å². The molecule has 5 heteroatoms. The Balaban J connectivity index is 1.41. The van der Waals surface area contributed by atoms with E-state index >= 15 is 0 Å². The maximum absolute atomic E-state index is 11.1. The van der Waals surface area contributed by atoms with Gasteiger partial charge in [-0.15, -0.1) is 11.8 Å². The number of rotatable bonds is 7. The average molecular weight is 417 g/mol. The van der Waals surface area contributed by atoms with Crippen molar-refractivity contribution in [3.63, 3.8) is 0 Å². The van der Waals surface area contributed by atoms with Crippen molar-refractivity contribution in [2.75, 3.05) is 0 Å². The molecule has 0 aliphatic heterocycles. The smallest absolute Gasteiger partial charge is 0.307 e. The van der Waals surface area contributed by atoms with Crippen LogP contribution in [0.2, 0.25) is 0 Å². The molecule has 3 aromatic carbocycles. The van der Waals surface area contributed by atoms with Crippen molar-refractivity contribution in [3.8, 4) is 0 Å². The minimum Gasteiger partial charge on any atom is -0.481 e. The van der Waals surface area contributed by atoms with Gasteiger partial charge in [-0.05, 0) is 47.9 Å². The number of nitrogens with zero attached hydrogens (tertiary/aromatic N) is 2. The van der Waals surface area contributed by atoms with Crippen LogP contribution in [0.15, 0.2) is 71.6 Å². The van der Waals surface area contributed by atoms with Crippen LogP contribution < -0.4 is 0 Å². The molecule has 0 saturated carbocycles. The summed E-state index contributed by atoms with van der Waals surface area (Å²) >= 11 is 1.83. The predicted molar refractivity (Wildman–Crippen MR) is 122 cm³/mol. The molecule has 152 valence electrons. The van der Waals surface area contributed by atoms with Gasteiger partial charge in [-0.25, -0.2) is 0 Å². The number of benzene rings is 3. The monoisotopic (exact) mass is 416 g/mol. The third kappa shape index (κ3) is 4.57. The third-order valence-corrected chi connectivity index (χ3v) is 6.42. The van der Waals surface area contributed by atoms with Gasteiger partial charge in [-0.3, -0.25) is 9.48 Å². The van der Waals surface area contributed by atoms with Crippen LogP contribution in [0.25, 0.3) is 10.8 Å². The summed E-state index contributed by atoms with van der Waals surface area (Å²) in [5.41, 5.74) is 4.99. The van der Waals surface area contributed by atoms with Crippen molar-refractivity contribution in [1.82, 2.24) is 9.78 Å². The Bertz CT molecular complexity index is 1200. The van der Waals surface area contributed by atoms with E-state index in [9.17, 15) is 4.79 Å². The summed E-state index contributed by atoms with van der Waals surface area (Å²) in [6.07, 6.45) is 0.0159. The summed E-state index contributed by atoms with van der Waals surface area (Å²) in [4.78, 5) is 12.3. The van der Waals surface area contributed by atoms with Crippen LogP contribution in [0, 0.1) is 13.8 Å². The fourth-order valence-electron chi connectivity index (χ4n) is 3.65. The predicted octanol–water partition coefficient (Wildman–Crippen LogP) is 5.62. The lowest BCUT2D eigenvalue weighted by Crippen LogP contribution is -2.06. The Morgan fingerprint density at radius 2 is 1.67 bits per heavy atom. The number of thioether (sulfide) groups is 1. The number of hydrogen-bond acceptors (Lipinski definition) is 3. The van der Waals surface area contributed by atoms with Crippen molar-refractivity contribution < 1.29 is 9.90 Å². The summed E-state index contributed by atoms with van der Waals surface area (Å²) in [5, 5.41) is 16.2. The van der Waals surface area contributed by atoms with E-state index in [2.05, 4.69) is 71.8 Å². The Kier molecular flexibility index (Phi) is 5.91. The number of carboxylic acids is 1. The van der Waals surface area contributed by atoms with E-state index in [0.717, 1.165) is 28.3 Å². The molecule has 0 bridgehead atoms. The highest BCUT2D eigenvalue weighted by Gasteiger charge is 2.14. The van der Waals surface area contributed by atoms with Crippen molar-refractivity contribution in [1.29, 1.82) is 0 Å². The van der Waals surface area contributed by atoms with Gasteiger partial charge in [0.1, 0.15) is 0 Å². The van der Waals surface area contributed by atoms with Crippen LogP contribution in [0.5, 0.6) is 0 Å². The van der Waals surface area contributed by atoms with E-state index < -0.39 is 5.97 Å². The van der Waals surface area contributed by atoms with E-state index in [1.807, 2.05) is 30.3 Å². The van der Waals surface area contributed by atoms with Gasteiger partial charge in [0.2, 0.25) is 0 Å². The van der Waals surface area contributed by atoms with E-state index in [4.69, 9.17) is 5.11 Å². The lowest BCUT2D eigenvalue weighted by molar-refractivity contribution is -0.136. The lowest BCUT2D eigenvalue weighted by atomic mass is 10.1. The Morgan fingerprint density at radius 3 is 2.40 bits per heavy atom. The molecule has 0 atom stereocenters. The van der Waals surface area contributed by atoms with E-state index in [-0.39, 0.29) is 6.42 Å². The van der Waals surface area contributed by atoms with E-state index in [1.165, 1.54) is 21.2 Å². The van der Waals surface area contributed by atoms with E-state index in [0.29, 0.717) is 6.54 Å². The summed E-state index contributed by atoms with van der Waals surface area (Å²) in [6, 6.07) is 23.6. The van der Waals surface area contributed by atoms with Gasteiger partial charge in [-0.2, -0.15) is 5.10 Å². The molecular formula is C25H24N2O2S. The second kappa shape index (κ2) is 8.76. The topological polar surface area (TPSA) is 55.1 Å². The molecule has 0 aliphatic carbocycles. The van der Waals surface area contributed by atoms with Crippen molar-refractivity contribution in [2.45, 2.75) is 37.5 Å². The standard InChI is InChI=1S/C25H24N2O2S/c1-17-24(14-25(28)29)18(2)27(26-17)15-19-8-11-23(12-9-19)30-16-20-7-10-21-5-3-4-6-22(21)13-20/h3-13H,14-16H2,1-2H3,(H,28,29). The van der Waals surface area contributed by atoms with Crippen LogP contribution in [0.3, 0.4) is 0 Å². The number of carbonyl (C=O) groups is 1. The van der Waals surface area contributed by atoms with Crippen LogP contribution in [-0.2, 0) is 23.5 Å². The molecule has 0 fully saturated rings. The molecular weight excluding hydrogens is 392 g/mol. The SMILES string of the molecule is Cc1nn(Cc2ccc(SCc3ccc4ccccc4c3)cc2)c(C)c1CC(=O)O. The first kappa shape index (κ1) is 20.2. The quantitative estimate of drug-likeness (QED) is 0.397. The summed E-state index contributed by atoms with van der Waals surface area (Å²) < 4.78 is 1.89. The first-order valence-corrected chi connectivity index (χ1v) is 10.9. The second-order valence-electron chi connectivity index (χ2n) is 7.49. The van der Waals surface area contributed by atoms with Gasteiger partial charge in [-0.1, -0.05) is 54.6 Å². The molecule has 1 heterocycles. The summed E-state index contributed by atoms with van der Waals surface area (Å²) in [5.74, 6) is 0.105. The Labute approximate surface area is 180 Å². The molecule has 0 radical (unpaired) electrons. The van der Waals surface area contributed by atoms with E-state index in [1.54, 1.807) is 0 Å². The van der Waals surface area contributed by atoms with Gasteiger partial charge in [0.05, 0.1) is 18.7 Å². The Hall–Kier alpha value is -3.05. The zero-order chi connectivity index (χ0) is 21.1. The number of hydrogen-bond donors (Lipinski definition) is 1. The zero-order valence-corrected chi connectivity index (χ0v) is 17.9. The molecule has 4 rings (SSSR count). The number of aromatic nitrogens is 2. The van der Waals surface area contributed by atoms with Crippen LogP contribution in [0.4, 0.5) is 0 Å². The molecule has 4 nitrogen and oxygen atoms in total. The number of aryl methyl sites for hydroxylation is 1. The molecule has 1 N–H and O–H groups in total. The van der Waals surface area contributed by atoms with Crippen LogP contribution >= 0.6 is 11.8 Å². The second-order valence-corrected chi connectivity index (χ2v) is 8.54. The van der Waals surface area contributed by atoms with Gasteiger partial charge < -0.3 is 5.11 Å². The average Bonchev–Trinajstić information content (AvgIpc) is 3.00.